The molecular formula is C42H56N4O2. The molecule has 0 bridgehead atoms. The molecule has 1 aliphatic carbocycles. The molecule has 0 unspecified atom stereocenters. The zero-order valence-electron chi connectivity index (χ0n) is 29.5. The maximum atomic E-state index is 11.9. The zero-order chi connectivity index (χ0) is 33.5. The Morgan fingerprint density at radius 3 is 1.15 bits per heavy atom. The van der Waals surface area contributed by atoms with E-state index in [0.717, 1.165) is 132 Å². The van der Waals surface area contributed by atoms with Crippen molar-refractivity contribution in [3.8, 4) is 0 Å². The molecule has 0 atom stereocenters. The lowest BCUT2D eigenvalue weighted by Crippen LogP contribution is -2.52. The van der Waals surface area contributed by atoms with Gasteiger partial charge in [0.05, 0.1) is 12.2 Å². The van der Waals surface area contributed by atoms with Crippen LogP contribution in [-0.2, 0) is 0 Å². The Kier molecular flexibility index (Phi) is 9.25. The number of benzene rings is 4. The second-order valence-electron chi connectivity index (χ2n) is 15.0. The van der Waals surface area contributed by atoms with Crippen molar-refractivity contribution in [2.75, 3.05) is 21.3 Å². The predicted molar refractivity (Wildman–Crippen MR) is 203 cm³/mol. The number of anilines is 4. The van der Waals surface area contributed by atoms with Crippen LogP contribution in [0.5, 0.6) is 0 Å². The summed E-state index contributed by atoms with van der Waals surface area (Å²) >= 11 is 0. The first-order valence-corrected chi connectivity index (χ1v) is 19.0. The smallest absolute Gasteiger partial charge is 0.108 e. The maximum Gasteiger partial charge on any atom is 0.108 e. The van der Waals surface area contributed by atoms with Crippen molar-refractivity contribution >= 4 is 44.3 Å². The third-order valence-corrected chi connectivity index (χ3v) is 11.7. The van der Waals surface area contributed by atoms with Crippen LogP contribution in [0.1, 0.15) is 128 Å². The molecule has 0 radical (unpaired) electrons. The Balaban J connectivity index is 1.19. The number of unbranched alkanes of at least 4 members (excludes halogenated alkanes) is 4. The monoisotopic (exact) mass is 648 g/mol. The van der Waals surface area contributed by atoms with Crippen molar-refractivity contribution in [2.45, 2.75) is 140 Å². The number of hydrogen-bond donors (Lipinski definition) is 6. The Morgan fingerprint density at radius 1 is 0.479 bits per heavy atom. The van der Waals surface area contributed by atoms with Crippen LogP contribution in [0.2, 0.25) is 0 Å². The standard InChI is InChI=1S/C42H56N4O2/c1-5-9-23-41(24-10-6-2)43-31-17-13-15-27-29(19-21-33(45-41)35(27)31)37-39(47)38(40(37)48)30-20-22-34-36-28(30)16-14-18-32(36)44-42(46-34,25-11-7-3)26-12-8-4/h13-22,37-40,43-48H,5-12,23-26H2,1-4H3. The molecule has 7 rings (SSSR count). The fourth-order valence-corrected chi connectivity index (χ4v) is 9.06. The molecule has 48 heavy (non-hydrogen) atoms. The van der Waals surface area contributed by atoms with Crippen molar-refractivity contribution in [3.05, 3.63) is 71.8 Å². The van der Waals surface area contributed by atoms with E-state index in [2.05, 4.69) is 110 Å². The summed E-state index contributed by atoms with van der Waals surface area (Å²) in [4.78, 5) is 0. The minimum absolute atomic E-state index is 0.153. The largest absolute Gasteiger partial charge is 0.392 e. The lowest BCUT2D eigenvalue weighted by molar-refractivity contribution is -0.0775. The Labute approximate surface area is 287 Å². The van der Waals surface area contributed by atoms with Crippen LogP contribution in [0.4, 0.5) is 22.7 Å². The van der Waals surface area contributed by atoms with Gasteiger partial charge in [0.2, 0.25) is 0 Å². The first-order chi connectivity index (χ1) is 23.4. The van der Waals surface area contributed by atoms with Gasteiger partial charge in [-0.05, 0) is 97.5 Å². The molecule has 1 saturated carbocycles. The van der Waals surface area contributed by atoms with Crippen LogP contribution in [0.3, 0.4) is 0 Å². The van der Waals surface area contributed by atoms with Crippen molar-refractivity contribution in [1.29, 1.82) is 0 Å². The Hall–Kier alpha value is -3.48. The first kappa shape index (κ1) is 33.0. The minimum atomic E-state index is -0.690. The quantitative estimate of drug-likeness (QED) is 0.0816. The van der Waals surface area contributed by atoms with Gasteiger partial charge in [-0.3, -0.25) is 0 Å². The molecule has 0 amide bonds. The summed E-state index contributed by atoms with van der Waals surface area (Å²) in [5.41, 5.74) is 6.32. The Bertz CT molecular complexity index is 1590. The van der Waals surface area contributed by atoms with E-state index in [1.54, 1.807) is 0 Å². The van der Waals surface area contributed by atoms with Gasteiger partial charge in [-0.2, -0.15) is 0 Å². The average Bonchev–Trinajstić information content (AvgIpc) is 3.10. The van der Waals surface area contributed by atoms with E-state index < -0.39 is 12.2 Å². The summed E-state index contributed by atoms with van der Waals surface area (Å²) < 4.78 is 0. The lowest BCUT2D eigenvalue weighted by atomic mass is 9.62. The number of aliphatic hydroxyl groups excluding tert-OH is 2. The van der Waals surface area contributed by atoms with Gasteiger partial charge in [-0.1, -0.05) is 89.8 Å². The number of aliphatic hydroxyl groups is 2. The summed E-state index contributed by atoms with van der Waals surface area (Å²) in [6, 6.07) is 21.6. The highest BCUT2D eigenvalue weighted by Crippen LogP contribution is 2.54. The van der Waals surface area contributed by atoms with Crippen LogP contribution < -0.4 is 21.3 Å². The van der Waals surface area contributed by atoms with Crippen molar-refractivity contribution in [3.63, 3.8) is 0 Å². The van der Waals surface area contributed by atoms with E-state index in [4.69, 9.17) is 0 Å². The second-order valence-corrected chi connectivity index (χ2v) is 15.0. The third-order valence-electron chi connectivity index (χ3n) is 11.7. The summed E-state index contributed by atoms with van der Waals surface area (Å²) in [7, 11) is 0. The van der Waals surface area contributed by atoms with Crippen molar-refractivity contribution in [1.82, 2.24) is 0 Å². The summed E-state index contributed by atoms with van der Waals surface area (Å²) in [6.45, 7) is 9.02. The molecule has 6 nitrogen and oxygen atoms in total. The molecule has 6 heteroatoms. The van der Waals surface area contributed by atoms with Gasteiger partial charge in [0.1, 0.15) is 11.3 Å². The highest BCUT2D eigenvalue weighted by molar-refractivity contribution is 6.08. The number of nitrogens with one attached hydrogen (secondary N) is 4. The van der Waals surface area contributed by atoms with Crippen molar-refractivity contribution in [2.24, 2.45) is 0 Å². The van der Waals surface area contributed by atoms with Gasteiger partial charge >= 0.3 is 0 Å². The summed E-state index contributed by atoms with van der Waals surface area (Å²) in [5.74, 6) is -0.715. The van der Waals surface area contributed by atoms with E-state index in [1.165, 1.54) is 0 Å². The summed E-state index contributed by atoms with van der Waals surface area (Å²) in [5, 5.41) is 44.1. The van der Waals surface area contributed by atoms with E-state index in [0.29, 0.717) is 0 Å². The zero-order valence-corrected chi connectivity index (χ0v) is 29.5. The van der Waals surface area contributed by atoms with Gasteiger partial charge in [-0.25, -0.2) is 0 Å². The average molecular weight is 649 g/mol. The second kappa shape index (κ2) is 13.4. The molecule has 0 spiro atoms. The fourth-order valence-electron chi connectivity index (χ4n) is 9.06. The van der Waals surface area contributed by atoms with Crippen molar-refractivity contribution < 1.29 is 10.2 Å². The molecule has 0 saturated heterocycles. The molecule has 0 aromatic heterocycles. The molecule has 1 fully saturated rings. The molecule has 4 aromatic carbocycles. The third kappa shape index (κ3) is 5.59. The molecule has 3 aliphatic rings. The lowest BCUT2D eigenvalue weighted by Gasteiger charge is -2.49. The van der Waals surface area contributed by atoms with Crippen LogP contribution in [0.25, 0.3) is 21.5 Å². The highest BCUT2D eigenvalue weighted by Gasteiger charge is 2.52. The van der Waals surface area contributed by atoms with E-state index in [9.17, 15) is 10.2 Å². The molecule has 256 valence electrons. The van der Waals surface area contributed by atoms with Gasteiger partial charge in [0, 0.05) is 45.4 Å². The van der Waals surface area contributed by atoms with Crippen LogP contribution in [-0.4, -0.2) is 33.7 Å². The van der Waals surface area contributed by atoms with E-state index in [1.807, 2.05) is 0 Å². The molecule has 6 N–H and O–H groups in total. The van der Waals surface area contributed by atoms with Crippen LogP contribution in [0, 0.1) is 0 Å². The van der Waals surface area contributed by atoms with Gasteiger partial charge in [0.25, 0.3) is 0 Å². The number of rotatable bonds is 14. The van der Waals surface area contributed by atoms with E-state index in [-0.39, 0.29) is 23.2 Å². The first-order valence-electron chi connectivity index (χ1n) is 19.0. The Morgan fingerprint density at radius 2 is 0.812 bits per heavy atom. The normalized spacial score (nSPS) is 23.1. The fraction of sp³-hybridized carbons (Fsp3) is 0.524. The van der Waals surface area contributed by atoms with Gasteiger partial charge < -0.3 is 31.5 Å². The SMILES string of the molecule is CCCCC1(CCCC)Nc2cccc3c(C4C(O)C(c5ccc6c7c(cccc57)NC(CCCC)(CCCC)N6)C4O)ccc(c23)N1. The number of hydrogen-bond acceptors (Lipinski definition) is 6. The maximum absolute atomic E-state index is 11.9. The van der Waals surface area contributed by atoms with Crippen LogP contribution >= 0.6 is 0 Å². The minimum Gasteiger partial charge on any atom is -0.392 e. The molecule has 2 heterocycles. The molecule has 2 aliphatic heterocycles. The molecule has 4 aromatic rings. The molecular weight excluding hydrogens is 592 g/mol. The summed E-state index contributed by atoms with van der Waals surface area (Å²) in [6.07, 6.45) is 12.2. The predicted octanol–water partition coefficient (Wildman–Crippen LogP) is 10.4. The van der Waals surface area contributed by atoms with Crippen LogP contribution in [0.15, 0.2) is 60.7 Å². The van der Waals surface area contributed by atoms with E-state index >= 15 is 0 Å². The van der Waals surface area contributed by atoms with Gasteiger partial charge in [-0.15, -0.1) is 0 Å². The topological polar surface area (TPSA) is 88.6 Å². The van der Waals surface area contributed by atoms with Gasteiger partial charge in [0.15, 0.2) is 0 Å². The highest BCUT2D eigenvalue weighted by atomic mass is 16.3.